The number of benzene rings is 1. The van der Waals surface area contributed by atoms with Gasteiger partial charge in [-0.05, 0) is 29.5 Å². The SMILES string of the molecule is Cc1nnc(Sc2ccc(CO)c(Cl)c2)o1. The molecule has 0 aliphatic rings. The summed E-state index contributed by atoms with van der Waals surface area (Å²) in [6.07, 6.45) is 0. The van der Waals surface area contributed by atoms with Crippen LogP contribution < -0.4 is 0 Å². The van der Waals surface area contributed by atoms with E-state index in [0.717, 1.165) is 4.90 Å². The van der Waals surface area contributed by atoms with Gasteiger partial charge in [-0.1, -0.05) is 17.7 Å². The molecule has 0 saturated carbocycles. The van der Waals surface area contributed by atoms with Crippen molar-refractivity contribution in [3.8, 4) is 0 Å². The average molecular weight is 257 g/mol. The first-order chi connectivity index (χ1) is 7.69. The Morgan fingerprint density at radius 1 is 1.44 bits per heavy atom. The fraction of sp³-hybridized carbons (Fsp3) is 0.200. The highest BCUT2D eigenvalue weighted by molar-refractivity contribution is 7.99. The van der Waals surface area contributed by atoms with Crippen LogP contribution in [0.5, 0.6) is 0 Å². The standard InChI is InChI=1S/C10H9ClN2O2S/c1-6-12-13-10(15-6)16-8-3-2-7(5-14)9(11)4-8/h2-4,14H,5H2,1H3. The van der Waals surface area contributed by atoms with Gasteiger partial charge in [-0.2, -0.15) is 0 Å². The van der Waals surface area contributed by atoms with E-state index >= 15 is 0 Å². The van der Waals surface area contributed by atoms with Crippen LogP contribution in [0.4, 0.5) is 0 Å². The van der Waals surface area contributed by atoms with Crippen molar-refractivity contribution in [1.29, 1.82) is 0 Å². The summed E-state index contributed by atoms with van der Waals surface area (Å²) in [5.74, 6) is 0.528. The Morgan fingerprint density at radius 2 is 2.25 bits per heavy atom. The summed E-state index contributed by atoms with van der Waals surface area (Å²) in [5, 5.41) is 17.6. The van der Waals surface area contributed by atoms with Crippen LogP contribution in [0.2, 0.25) is 5.02 Å². The van der Waals surface area contributed by atoms with Crippen LogP contribution in [-0.4, -0.2) is 15.3 Å². The van der Waals surface area contributed by atoms with Gasteiger partial charge >= 0.3 is 0 Å². The Balaban J connectivity index is 2.19. The molecule has 0 radical (unpaired) electrons. The maximum atomic E-state index is 8.97. The number of aryl methyl sites for hydroxylation is 1. The van der Waals surface area contributed by atoms with Crippen molar-refractivity contribution >= 4 is 23.4 Å². The van der Waals surface area contributed by atoms with Gasteiger partial charge in [0.15, 0.2) is 0 Å². The Morgan fingerprint density at radius 3 is 2.81 bits per heavy atom. The largest absolute Gasteiger partial charge is 0.416 e. The van der Waals surface area contributed by atoms with Gasteiger partial charge in [-0.15, -0.1) is 10.2 Å². The number of hydrogen-bond acceptors (Lipinski definition) is 5. The van der Waals surface area contributed by atoms with Crippen molar-refractivity contribution in [1.82, 2.24) is 10.2 Å². The maximum Gasteiger partial charge on any atom is 0.281 e. The number of halogens is 1. The lowest BCUT2D eigenvalue weighted by atomic mass is 10.2. The third kappa shape index (κ3) is 2.55. The van der Waals surface area contributed by atoms with Gasteiger partial charge in [0.25, 0.3) is 5.22 Å². The Hall–Kier alpha value is -1.04. The van der Waals surface area contributed by atoms with E-state index in [-0.39, 0.29) is 6.61 Å². The Bertz CT molecular complexity index is 501. The summed E-state index contributed by atoms with van der Waals surface area (Å²) >= 11 is 7.30. The van der Waals surface area contributed by atoms with Crippen LogP contribution in [0.3, 0.4) is 0 Å². The van der Waals surface area contributed by atoms with E-state index in [2.05, 4.69) is 10.2 Å². The minimum Gasteiger partial charge on any atom is -0.416 e. The number of rotatable bonds is 3. The molecule has 4 nitrogen and oxygen atoms in total. The molecule has 84 valence electrons. The minimum absolute atomic E-state index is 0.0660. The summed E-state index contributed by atoms with van der Waals surface area (Å²) in [6.45, 7) is 1.67. The van der Waals surface area contributed by atoms with Crippen molar-refractivity contribution in [2.75, 3.05) is 0 Å². The highest BCUT2D eigenvalue weighted by Gasteiger charge is 2.07. The molecule has 0 atom stereocenters. The third-order valence-corrected chi connectivity index (χ3v) is 3.09. The molecule has 2 rings (SSSR count). The number of aromatic nitrogens is 2. The van der Waals surface area contributed by atoms with Gasteiger partial charge in [0.2, 0.25) is 5.89 Å². The molecule has 0 aliphatic heterocycles. The van der Waals surface area contributed by atoms with Crippen molar-refractivity contribution in [2.45, 2.75) is 23.6 Å². The molecule has 0 fully saturated rings. The maximum absolute atomic E-state index is 8.97. The monoisotopic (exact) mass is 256 g/mol. The lowest BCUT2D eigenvalue weighted by Gasteiger charge is -2.02. The van der Waals surface area contributed by atoms with Gasteiger partial charge in [-0.3, -0.25) is 0 Å². The smallest absolute Gasteiger partial charge is 0.281 e. The lowest BCUT2D eigenvalue weighted by molar-refractivity contribution is 0.282. The lowest BCUT2D eigenvalue weighted by Crippen LogP contribution is -1.84. The van der Waals surface area contributed by atoms with Crippen LogP contribution in [0.15, 0.2) is 32.7 Å². The highest BCUT2D eigenvalue weighted by Crippen LogP contribution is 2.29. The van der Waals surface area contributed by atoms with Crippen LogP contribution >= 0.6 is 23.4 Å². The van der Waals surface area contributed by atoms with Gasteiger partial charge in [-0.25, -0.2) is 0 Å². The van der Waals surface area contributed by atoms with Gasteiger partial charge in [0.05, 0.1) is 6.61 Å². The van der Waals surface area contributed by atoms with Crippen molar-refractivity contribution in [3.05, 3.63) is 34.7 Å². The molecule has 1 aromatic carbocycles. The quantitative estimate of drug-likeness (QED) is 0.915. The second-order valence-corrected chi connectivity index (χ2v) is 4.53. The molecule has 1 aromatic heterocycles. The second-order valence-electron chi connectivity index (χ2n) is 3.10. The first-order valence-electron chi connectivity index (χ1n) is 4.56. The molecule has 0 saturated heterocycles. The van der Waals surface area contributed by atoms with Crippen LogP contribution in [0.1, 0.15) is 11.5 Å². The summed E-state index contributed by atoms with van der Waals surface area (Å²) in [6, 6.07) is 5.38. The van der Waals surface area contributed by atoms with Crippen molar-refractivity contribution in [3.63, 3.8) is 0 Å². The van der Waals surface area contributed by atoms with Crippen molar-refractivity contribution < 1.29 is 9.52 Å². The fourth-order valence-corrected chi connectivity index (χ4v) is 2.20. The molecule has 0 unspecified atom stereocenters. The molecule has 6 heteroatoms. The number of hydrogen-bond donors (Lipinski definition) is 1. The number of aliphatic hydroxyl groups is 1. The average Bonchev–Trinajstić information content (AvgIpc) is 2.64. The van der Waals surface area contributed by atoms with Gasteiger partial charge in [0.1, 0.15) is 0 Å². The molecule has 1 heterocycles. The van der Waals surface area contributed by atoms with E-state index in [1.54, 1.807) is 19.1 Å². The molecule has 0 bridgehead atoms. The molecule has 0 aliphatic carbocycles. The minimum atomic E-state index is -0.0660. The summed E-state index contributed by atoms with van der Waals surface area (Å²) in [7, 11) is 0. The van der Waals surface area contributed by atoms with E-state index in [4.69, 9.17) is 21.1 Å². The molecule has 0 spiro atoms. The van der Waals surface area contributed by atoms with Crippen LogP contribution in [-0.2, 0) is 6.61 Å². The fourth-order valence-electron chi connectivity index (χ4n) is 1.14. The second kappa shape index (κ2) is 4.86. The summed E-state index contributed by atoms with van der Waals surface area (Å²) < 4.78 is 5.23. The van der Waals surface area contributed by atoms with Crippen LogP contribution in [0.25, 0.3) is 0 Å². The summed E-state index contributed by atoms with van der Waals surface area (Å²) in [4.78, 5) is 0.894. The third-order valence-electron chi connectivity index (χ3n) is 1.91. The molecule has 2 aromatic rings. The number of nitrogens with zero attached hydrogens (tertiary/aromatic N) is 2. The van der Waals surface area contributed by atoms with Gasteiger partial charge < -0.3 is 9.52 Å². The van der Waals surface area contributed by atoms with E-state index in [0.29, 0.717) is 21.7 Å². The van der Waals surface area contributed by atoms with E-state index < -0.39 is 0 Å². The molecule has 1 N–H and O–H groups in total. The zero-order valence-electron chi connectivity index (χ0n) is 8.48. The topological polar surface area (TPSA) is 59.2 Å². The molecular weight excluding hydrogens is 248 g/mol. The van der Waals surface area contributed by atoms with Crippen LogP contribution in [0, 0.1) is 6.92 Å². The molecule has 16 heavy (non-hydrogen) atoms. The highest BCUT2D eigenvalue weighted by atomic mass is 35.5. The van der Waals surface area contributed by atoms with E-state index in [1.165, 1.54) is 11.8 Å². The molecule has 0 amide bonds. The Labute approximate surface area is 102 Å². The predicted molar refractivity (Wildman–Crippen MR) is 60.5 cm³/mol. The summed E-state index contributed by atoms with van der Waals surface area (Å²) in [5.41, 5.74) is 0.702. The molecular formula is C10H9ClN2O2S. The number of aliphatic hydroxyl groups excluding tert-OH is 1. The first-order valence-corrected chi connectivity index (χ1v) is 5.75. The zero-order valence-corrected chi connectivity index (χ0v) is 10.0. The normalized spacial score (nSPS) is 10.7. The first kappa shape index (κ1) is 11.4. The van der Waals surface area contributed by atoms with E-state index in [1.807, 2.05) is 6.07 Å². The van der Waals surface area contributed by atoms with Crippen molar-refractivity contribution in [2.24, 2.45) is 0 Å². The predicted octanol–water partition coefficient (Wildman–Crippen LogP) is 2.67. The van der Waals surface area contributed by atoms with Gasteiger partial charge in [0, 0.05) is 16.8 Å². The van der Waals surface area contributed by atoms with E-state index in [9.17, 15) is 0 Å². The Kier molecular flexibility index (Phi) is 3.48. The zero-order chi connectivity index (χ0) is 11.5.